The first-order valence-corrected chi connectivity index (χ1v) is 6.32. The van der Waals surface area contributed by atoms with Crippen LogP contribution in [0.5, 0.6) is 0 Å². The topological polar surface area (TPSA) is 72.9 Å². The smallest absolute Gasteiger partial charge is 0.227 e. The van der Waals surface area contributed by atoms with Gasteiger partial charge in [0, 0.05) is 20.1 Å². The van der Waals surface area contributed by atoms with Gasteiger partial charge in [0.05, 0.1) is 22.8 Å². The van der Waals surface area contributed by atoms with Crippen LogP contribution in [-0.2, 0) is 18.4 Å². The molecule has 0 spiro atoms. The number of imidazole rings is 1. The minimum absolute atomic E-state index is 0.0314. The van der Waals surface area contributed by atoms with E-state index >= 15 is 0 Å². The number of nitrogens with zero attached hydrogens (tertiary/aromatic N) is 2. The van der Waals surface area contributed by atoms with E-state index < -0.39 is 5.41 Å². The number of amides is 1. The summed E-state index contributed by atoms with van der Waals surface area (Å²) in [6.07, 6.45) is 1.78. The summed E-state index contributed by atoms with van der Waals surface area (Å²) in [5, 5.41) is 2.91. The molecule has 5 heteroatoms. The number of rotatable bonds is 4. The molecule has 0 radical (unpaired) electrons. The summed E-state index contributed by atoms with van der Waals surface area (Å²) in [6, 6.07) is 6.00. The van der Waals surface area contributed by atoms with E-state index in [1.165, 1.54) is 0 Å². The number of hydrogen-bond donors (Lipinski definition) is 2. The molecule has 0 unspecified atom stereocenters. The zero-order chi connectivity index (χ0) is 14.0. The Morgan fingerprint density at radius 1 is 1.47 bits per heavy atom. The Hall–Kier alpha value is -1.88. The van der Waals surface area contributed by atoms with Crippen LogP contribution in [0.15, 0.2) is 24.5 Å². The molecule has 1 aromatic carbocycles. The van der Waals surface area contributed by atoms with E-state index in [0.717, 1.165) is 16.6 Å². The highest BCUT2D eigenvalue weighted by atomic mass is 16.2. The van der Waals surface area contributed by atoms with Crippen molar-refractivity contribution in [3.05, 3.63) is 30.1 Å². The SMILES string of the molecule is Cn1cnc2cc(CNC(=O)C(C)(C)CN)ccc21. The van der Waals surface area contributed by atoms with Crippen molar-refractivity contribution < 1.29 is 4.79 Å². The Balaban J connectivity index is 2.08. The average molecular weight is 260 g/mol. The molecule has 102 valence electrons. The lowest BCUT2D eigenvalue weighted by atomic mass is 9.92. The van der Waals surface area contributed by atoms with Crippen molar-refractivity contribution >= 4 is 16.9 Å². The second kappa shape index (κ2) is 5.01. The van der Waals surface area contributed by atoms with Crippen molar-refractivity contribution in [1.29, 1.82) is 0 Å². The van der Waals surface area contributed by atoms with Gasteiger partial charge in [0.1, 0.15) is 0 Å². The highest BCUT2D eigenvalue weighted by Crippen LogP contribution is 2.15. The largest absolute Gasteiger partial charge is 0.352 e. The van der Waals surface area contributed by atoms with Crippen molar-refractivity contribution in [2.75, 3.05) is 6.54 Å². The molecule has 0 saturated heterocycles. The molecule has 0 atom stereocenters. The van der Waals surface area contributed by atoms with Gasteiger partial charge in [0.25, 0.3) is 0 Å². The number of nitrogens with two attached hydrogens (primary N) is 1. The molecule has 19 heavy (non-hydrogen) atoms. The van der Waals surface area contributed by atoms with Crippen LogP contribution >= 0.6 is 0 Å². The molecule has 0 saturated carbocycles. The number of benzene rings is 1. The molecule has 3 N–H and O–H groups in total. The minimum Gasteiger partial charge on any atom is -0.352 e. The lowest BCUT2D eigenvalue weighted by Crippen LogP contribution is -2.41. The predicted octanol–water partition coefficient (Wildman–Crippen LogP) is 1.17. The number of hydrogen-bond acceptors (Lipinski definition) is 3. The summed E-state index contributed by atoms with van der Waals surface area (Å²) in [5.74, 6) is -0.0314. The number of aromatic nitrogens is 2. The molecule has 1 amide bonds. The summed E-state index contributed by atoms with van der Waals surface area (Å²) in [5.41, 5.74) is 8.10. The zero-order valence-corrected chi connectivity index (χ0v) is 11.6. The van der Waals surface area contributed by atoms with E-state index in [-0.39, 0.29) is 5.91 Å². The zero-order valence-electron chi connectivity index (χ0n) is 11.6. The van der Waals surface area contributed by atoms with E-state index in [1.54, 1.807) is 6.33 Å². The molecule has 2 rings (SSSR count). The van der Waals surface area contributed by atoms with E-state index in [2.05, 4.69) is 10.3 Å². The van der Waals surface area contributed by atoms with Crippen molar-refractivity contribution in [3.63, 3.8) is 0 Å². The lowest BCUT2D eigenvalue weighted by molar-refractivity contribution is -0.129. The van der Waals surface area contributed by atoms with Crippen LogP contribution in [0, 0.1) is 5.41 Å². The fourth-order valence-corrected chi connectivity index (χ4v) is 1.81. The van der Waals surface area contributed by atoms with Gasteiger partial charge in [-0.1, -0.05) is 6.07 Å². The van der Waals surface area contributed by atoms with Gasteiger partial charge in [0.2, 0.25) is 5.91 Å². The molecule has 0 aliphatic carbocycles. The van der Waals surface area contributed by atoms with Gasteiger partial charge in [-0.15, -0.1) is 0 Å². The van der Waals surface area contributed by atoms with E-state index in [1.807, 2.05) is 43.7 Å². The second-order valence-corrected chi connectivity index (χ2v) is 5.45. The van der Waals surface area contributed by atoms with E-state index in [4.69, 9.17) is 5.73 Å². The fourth-order valence-electron chi connectivity index (χ4n) is 1.81. The Morgan fingerprint density at radius 2 is 2.21 bits per heavy atom. The first-order valence-electron chi connectivity index (χ1n) is 6.32. The summed E-state index contributed by atoms with van der Waals surface area (Å²) in [7, 11) is 1.96. The molecular weight excluding hydrogens is 240 g/mol. The second-order valence-electron chi connectivity index (χ2n) is 5.45. The molecule has 0 fully saturated rings. The first-order chi connectivity index (χ1) is 8.94. The minimum atomic E-state index is -0.533. The number of fused-ring (bicyclic) bond motifs is 1. The average Bonchev–Trinajstić information content (AvgIpc) is 2.77. The van der Waals surface area contributed by atoms with Crippen LogP contribution < -0.4 is 11.1 Å². The Labute approximate surface area is 112 Å². The normalized spacial score (nSPS) is 11.8. The number of carbonyl (C=O) groups excluding carboxylic acids is 1. The molecule has 1 heterocycles. The standard InChI is InChI=1S/C14H20N4O/c1-14(2,8-15)13(19)16-7-10-4-5-12-11(6-10)17-9-18(12)3/h4-6,9H,7-8,15H2,1-3H3,(H,16,19). The molecule has 0 bridgehead atoms. The third-order valence-corrected chi connectivity index (χ3v) is 3.37. The van der Waals surface area contributed by atoms with Gasteiger partial charge in [-0.25, -0.2) is 4.98 Å². The van der Waals surface area contributed by atoms with Gasteiger partial charge in [-0.2, -0.15) is 0 Å². The molecule has 2 aromatic rings. The van der Waals surface area contributed by atoms with Crippen molar-refractivity contribution in [3.8, 4) is 0 Å². The first kappa shape index (κ1) is 13.5. The maximum atomic E-state index is 11.9. The molecule has 0 aliphatic heterocycles. The number of carbonyl (C=O) groups is 1. The third-order valence-electron chi connectivity index (χ3n) is 3.37. The van der Waals surface area contributed by atoms with Crippen LogP contribution in [0.4, 0.5) is 0 Å². The van der Waals surface area contributed by atoms with Crippen molar-refractivity contribution in [1.82, 2.24) is 14.9 Å². The van der Waals surface area contributed by atoms with Crippen molar-refractivity contribution in [2.45, 2.75) is 20.4 Å². The summed E-state index contributed by atoms with van der Waals surface area (Å²) in [6.45, 7) is 4.50. The maximum Gasteiger partial charge on any atom is 0.227 e. The number of nitrogens with one attached hydrogen (secondary N) is 1. The van der Waals surface area contributed by atoms with Gasteiger partial charge < -0.3 is 15.6 Å². The van der Waals surface area contributed by atoms with Crippen LogP contribution in [0.1, 0.15) is 19.4 Å². The van der Waals surface area contributed by atoms with Crippen LogP contribution in [0.25, 0.3) is 11.0 Å². The highest BCUT2D eigenvalue weighted by molar-refractivity contribution is 5.82. The highest BCUT2D eigenvalue weighted by Gasteiger charge is 2.25. The molecule has 1 aromatic heterocycles. The quantitative estimate of drug-likeness (QED) is 0.867. The summed E-state index contributed by atoms with van der Waals surface area (Å²) in [4.78, 5) is 16.2. The predicted molar refractivity (Wildman–Crippen MR) is 75.4 cm³/mol. The van der Waals surface area contributed by atoms with E-state index in [9.17, 15) is 4.79 Å². The third kappa shape index (κ3) is 2.76. The van der Waals surface area contributed by atoms with Gasteiger partial charge in [-0.3, -0.25) is 4.79 Å². The number of aryl methyl sites for hydroxylation is 1. The molecular formula is C14H20N4O. The Morgan fingerprint density at radius 3 is 2.89 bits per heavy atom. The maximum absolute atomic E-state index is 11.9. The molecule has 5 nitrogen and oxygen atoms in total. The summed E-state index contributed by atoms with van der Waals surface area (Å²) >= 11 is 0. The van der Waals surface area contributed by atoms with E-state index in [0.29, 0.717) is 13.1 Å². The van der Waals surface area contributed by atoms with Gasteiger partial charge in [-0.05, 0) is 31.5 Å². The van der Waals surface area contributed by atoms with Crippen LogP contribution in [-0.4, -0.2) is 22.0 Å². The van der Waals surface area contributed by atoms with Gasteiger partial charge in [0.15, 0.2) is 0 Å². The fraction of sp³-hybridized carbons (Fsp3) is 0.429. The van der Waals surface area contributed by atoms with Crippen molar-refractivity contribution in [2.24, 2.45) is 18.2 Å². The Kier molecular flexibility index (Phi) is 3.57. The molecule has 0 aliphatic rings. The lowest BCUT2D eigenvalue weighted by Gasteiger charge is -2.21. The van der Waals surface area contributed by atoms with Crippen LogP contribution in [0.3, 0.4) is 0 Å². The monoisotopic (exact) mass is 260 g/mol. The van der Waals surface area contributed by atoms with Gasteiger partial charge >= 0.3 is 0 Å². The van der Waals surface area contributed by atoms with Crippen LogP contribution in [0.2, 0.25) is 0 Å². The Bertz CT molecular complexity index is 601. The summed E-state index contributed by atoms with van der Waals surface area (Å²) < 4.78 is 1.97.